The van der Waals surface area contributed by atoms with E-state index in [-0.39, 0.29) is 17.9 Å². The zero-order chi connectivity index (χ0) is 19.5. The molecule has 0 aliphatic heterocycles. The van der Waals surface area contributed by atoms with E-state index in [1.807, 2.05) is 66.9 Å². The number of nitrogens with one attached hydrogen (secondary N) is 1. The highest BCUT2D eigenvalue weighted by Gasteiger charge is 2.11. The minimum absolute atomic E-state index is 0.0930. The van der Waals surface area contributed by atoms with Crippen LogP contribution in [0, 0.1) is 6.92 Å². The molecule has 0 fully saturated rings. The minimum atomic E-state index is -0.162. The number of nitrogens with zero attached hydrogens (tertiary/aromatic N) is 2. The topological polar surface area (TPSA) is 64.0 Å². The zero-order valence-corrected chi connectivity index (χ0v) is 16.2. The number of fused-ring (bicyclic) bond motifs is 1. The Morgan fingerprint density at radius 1 is 1.11 bits per heavy atom. The highest BCUT2D eigenvalue weighted by molar-refractivity contribution is 7.14. The van der Waals surface area contributed by atoms with Crippen molar-refractivity contribution < 1.29 is 4.79 Å². The first-order chi connectivity index (χ1) is 13.6. The lowest BCUT2D eigenvalue weighted by atomic mass is 10.1. The summed E-state index contributed by atoms with van der Waals surface area (Å²) in [6, 6.07) is 19.2. The SMILES string of the molecule is Cc1cc(=O)n(CCC(=O)Nc2nc(-c3ccccc3)cs2)c2ccccc12. The van der Waals surface area contributed by atoms with Crippen molar-refractivity contribution in [1.82, 2.24) is 9.55 Å². The minimum Gasteiger partial charge on any atom is -0.308 e. The summed E-state index contributed by atoms with van der Waals surface area (Å²) in [7, 11) is 0. The standard InChI is InChI=1S/C22H19N3O2S/c1-15-13-21(27)25(19-10-6-5-9-17(15)19)12-11-20(26)24-22-23-18(14-28-22)16-7-3-2-4-8-16/h2-10,13-14H,11-12H2,1H3,(H,23,24,26). The van der Waals surface area contributed by atoms with Crippen molar-refractivity contribution in [2.24, 2.45) is 0 Å². The Morgan fingerprint density at radius 2 is 1.86 bits per heavy atom. The summed E-state index contributed by atoms with van der Waals surface area (Å²) in [6.45, 7) is 2.25. The molecule has 0 aliphatic carbocycles. The molecule has 0 saturated heterocycles. The fourth-order valence-corrected chi connectivity index (χ4v) is 3.94. The van der Waals surface area contributed by atoms with E-state index < -0.39 is 0 Å². The van der Waals surface area contributed by atoms with Gasteiger partial charge in [-0.2, -0.15) is 0 Å². The van der Waals surface area contributed by atoms with Crippen molar-refractivity contribution >= 4 is 33.3 Å². The Labute approximate surface area is 166 Å². The molecule has 5 nitrogen and oxygen atoms in total. The number of para-hydroxylation sites is 1. The number of anilines is 1. The number of carbonyl (C=O) groups is 1. The molecule has 6 heteroatoms. The van der Waals surface area contributed by atoms with E-state index in [1.54, 1.807) is 10.6 Å². The fourth-order valence-electron chi connectivity index (χ4n) is 3.20. The molecule has 0 bridgehead atoms. The van der Waals surface area contributed by atoms with E-state index in [0.717, 1.165) is 27.7 Å². The number of thiazole rings is 1. The third-order valence-corrected chi connectivity index (χ3v) is 5.37. The van der Waals surface area contributed by atoms with Crippen LogP contribution in [0.15, 0.2) is 70.8 Å². The number of rotatable bonds is 5. The molecule has 28 heavy (non-hydrogen) atoms. The highest BCUT2D eigenvalue weighted by atomic mass is 32.1. The molecule has 2 aromatic heterocycles. The third kappa shape index (κ3) is 3.73. The van der Waals surface area contributed by atoms with Gasteiger partial charge in [0, 0.05) is 35.4 Å². The van der Waals surface area contributed by atoms with E-state index in [4.69, 9.17) is 0 Å². The molecule has 1 amide bonds. The van der Waals surface area contributed by atoms with E-state index in [1.165, 1.54) is 11.3 Å². The van der Waals surface area contributed by atoms with Crippen LogP contribution in [0.1, 0.15) is 12.0 Å². The molecule has 0 atom stereocenters. The van der Waals surface area contributed by atoms with Crippen LogP contribution < -0.4 is 10.9 Å². The second-order valence-electron chi connectivity index (χ2n) is 6.54. The summed E-state index contributed by atoms with van der Waals surface area (Å²) in [4.78, 5) is 29.3. The Morgan fingerprint density at radius 3 is 2.68 bits per heavy atom. The first kappa shape index (κ1) is 18.1. The summed E-state index contributed by atoms with van der Waals surface area (Å²) >= 11 is 1.39. The molecule has 2 heterocycles. The van der Waals surface area contributed by atoms with Gasteiger partial charge >= 0.3 is 0 Å². The average Bonchev–Trinajstić information content (AvgIpc) is 3.17. The van der Waals surface area contributed by atoms with Gasteiger partial charge in [0.1, 0.15) is 0 Å². The Kier molecular flexibility index (Phi) is 5.04. The van der Waals surface area contributed by atoms with Crippen molar-refractivity contribution in [3.05, 3.63) is 82.0 Å². The Balaban J connectivity index is 1.47. The van der Waals surface area contributed by atoms with Crippen LogP contribution in [0.5, 0.6) is 0 Å². The number of benzene rings is 2. The molecule has 0 aliphatic rings. The van der Waals surface area contributed by atoms with E-state index >= 15 is 0 Å². The van der Waals surface area contributed by atoms with Crippen LogP contribution in [-0.4, -0.2) is 15.5 Å². The van der Waals surface area contributed by atoms with Gasteiger partial charge in [-0.05, 0) is 18.6 Å². The quantitative estimate of drug-likeness (QED) is 0.548. The van der Waals surface area contributed by atoms with Gasteiger partial charge in [-0.3, -0.25) is 9.59 Å². The van der Waals surface area contributed by atoms with Crippen molar-refractivity contribution in [1.29, 1.82) is 0 Å². The van der Waals surface area contributed by atoms with Gasteiger partial charge < -0.3 is 9.88 Å². The largest absolute Gasteiger partial charge is 0.308 e. The summed E-state index contributed by atoms with van der Waals surface area (Å²) in [5, 5.41) is 6.34. The van der Waals surface area contributed by atoms with Crippen LogP contribution in [0.4, 0.5) is 5.13 Å². The van der Waals surface area contributed by atoms with Crippen molar-refractivity contribution in [2.75, 3.05) is 5.32 Å². The number of hydrogen-bond donors (Lipinski definition) is 1. The van der Waals surface area contributed by atoms with E-state index in [9.17, 15) is 9.59 Å². The predicted molar refractivity (Wildman–Crippen MR) is 114 cm³/mol. The monoisotopic (exact) mass is 389 g/mol. The molecule has 0 radical (unpaired) electrons. The number of amides is 1. The smallest absolute Gasteiger partial charge is 0.251 e. The summed E-state index contributed by atoms with van der Waals surface area (Å²) in [5.41, 5.74) is 3.54. The van der Waals surface area contributed by atoms with Gasteiger partial charge in [0.25, 0.3) is 5.56 Å². The maximum atomic E-state index is 12.4. The van der Waals surface area contributed by atoms with Crippen molar-refractivity contribution in [3.8, 4) is 11.3 Å². The van der Waals surface area contributed by atoms with Crippen LogP contribution in [0.3, 0.4) is 0 Å². The molecule has 4 rings (SSSR count). The lowest BCUT2D eigenvalue weighted by Crippen LogP contribution is -2.23. The van der Waals surface area contributed by atoms with E-state index in [2.05, 4.69) is 10.3 Å². The first-order valence-electron chi connectivity index (χ1n) is 9.02. The van der Waals surface area contributed by atoms with Gasteiger partial charge in [0.15, 0.2) is 5.13 Å². The number of carbonyl (C=O) groups excluding carboxylic acids is 1. The zero-order valence-electron chi connectivity index (χ0n) is 15.4. The third-order valence-electron chi connectivity index (χ3n) is 4.61. The molecule has 0 unspecified atom stereocenters. The number of hydrogen-bond acceptors (Lipinski definition) is 4. The van der Waals surface area contributed by atoms with Gasteiger partial charge in [0.2, 0.25) is 5.91 Å². The Hall–Kier alpha value is -3.25. The number of pyridine rings is 1. The van der Waals surface area contributed by atoms with Crippen LogP contribution in [0.2, 0.25) is 0 Å². The van der Waals surface area contributed by atoms with Gasteiger partial charge in [-0.25, -0.2) is 4.98 Å². The maximum Gasteiger partial charge on any atom is 0.251 e. The summed E-state index contributed by atoms with van der Waals surface area (Å²) in [6.07, 6.45) is 0.202. The lowest BCUT2D eigenvalue weighted by Gasteiger charge is -2.11. The van der Waals surface area contributed by atoms with Crippen LogP contribution in [-0.2, 0) is 11.3 Å². The van der Waals surface area contributed by atoms with Gasteiger partial charge in [-0.15, -0.1) is 11.3 Å². The lowest BCUT2D eigenvalue weighted by molar-refractivity contribution is -0.116. The van der Waals surface area contributed by atoms with Gasteiger partial charge in [0.05, 0.1) is 11.2 Å². The number of aromatic nitrogens is 2. The molecule has 2 aromatic carbocycles. The van der Waals surface area contributed by atoms with Crippen molar-refractivity contribution in [2.45, 2.75) is 19.9 Å². The highest BCUT2D eigenvalue weighted by Crippen LogP contribution is 2.24. The fraction of sp³-hybridized carbons (Fsp3) is 0.136. The second-order valence-corrected chi connectivity index (χ2v) is 7.39. The predicted octanol–water partition coefficient (Wildman–Crippen LogP) is 4.46. The average molecular weight is 389 g/mol. The molecule has 0 spiro atoms. The molecular weight excluding hydrogens is 370 g/mol. The maximum absolute atomic E-state index is 12.4. The summed E-state index contributed by atoms with van der Waals surface area (Å²) in [5.74, 6) is -0.162. The van der Waals surface area contributed by atoms with Crippen LogP contribution in [0.25, 0.3) is 22.2 Å². The van der Waals surface area contributed by atoms with Crippen molar-refractivity contribution in [3.63, 3.8) is 0 Å². The molecule has 0 saturated carbocycles. The molecular formula is C22H19N3O2S. The van der Waals surface area contributed by atoms with E-state index in [0.29, 0.717) is 11.7 Å². The van der Waals surface area contributed by atoms with Gasteiger partial charge in [-0.1, -0.05) is 48.5 Å². The summed E-state index contributed by atoms with van der Waals surface area (Å²) < 4.78 is 1.65. The first-order valence-corrected chi connectivity index (χ1v) is 9.90. The molecule has 1 N–H and O–H groups in total. The normalized spacial score (nSPS) is 10.9. The second kappa shape index (κ2) is 7.78. The Bertz CT molecular complexity index is 1200. The number of aryl methyl sites for hydroxylation is 2. The molecule has 4 aromatic rings. The van der Waals surface area contributed by atoms with Crippen LogP contribution >= 0.6 is 11.3 Å². The molecule has 140 valence electrons.